The Kier molecular flexibility index (Phi) is 7.85. The molecular weight excluding hydrogens is 300 g/mol. The Hall–Kier alpha value is -1.79. The maximum absolute atomic E-state index is 12.7. The number of rotatable bonds is 8. The molecular formula is C16H28N2O5. The molecule has 7 heteroatoms. The van der Waals surface area contributed by atoms with Crippen molar-refractivity contribution in [1.82, 2.24) is 10.2 Å². The predicted octanol–water partition coefficient (Wildman–Crippen LogP) is 2.00. The van der Waals surface area contributed by atoms with Crippen molar-refractivity contribution in [2.24, 2.45) is 5.92 Å². The van der Waals surface area contributed by atoms with Gasteiger partial charge in [-0.05, 0) is 25.2 Å². The lowest BCUT2D eigenvalue weighted by Gasteiger charge is -2.30. The maximum atomic E-state index is 12.7. The summed E-state index contributed by atoms with van der Waals surface area (Å²) in [4.78, 5) is 37.2. The third-order valence-electron chi connectivity index (χ3n) is 4.30. The van der Waals surface area contributed by atoms with E-state index in [0.29, 0.717) is 32.4 Å². The minimum Gasteiger partial charge on any atom is -0.480 e. The van der Waals surface area contributed by atoms with Crippen LogP contribution >= 0.6 is 0 Å². The van der Waals surface area contributed by atoms with Gasteiger partial charge in [-0.15, -0.1) is 0 Å². The molecule has 132 valence electrons. The van der Waals surface area contributed by atoms with Gasteiger partial charge in [0, 0.05) is 6.54 Å². The molecule has 1 saturated heterocycles. The predicted molar refractivity (Wildman–Crippen MR) is 85.0 cm³/mol. The number of amides is 2. The molecule has 0 aromatic carbocycles. The number of nitrogens with zero attached hydrogens (tertiary/aromatic N) is 1. The average molecular weight is 328 g/mol. The molecule has 1 aliphatic heterocycles. The van der Waals surface area contributed by atoms with Crippen molar-refractivity contribution >= 4 is 18.0 Å². The summed E-state index contributed by atoms with van der Waals surface area (Å²) >= 11 is 0. The third kappa shape index (κ3) is 5.41. The number of hydrogen-bond donors (Lipinski definition) is 2. The van der Waals surface area contributed by atoms with E-state index in [0.717, 1.165) is 12.8 Å². The largest absolute Gasteiger partial charge is 0.480 e. The Bertz CT molecular complexity index is 427. The van der Waals surface area contributed by atoms with Gasteiger partial charge in [0.1, 0.15) is 12.1 Å². The highest BCUT2D eigenvalue weighted by molar-refractivity contribution is 5.90. The highest BCUT2D eigenvalue weighted by Gasteiger charge is 2.39. The Morgan fingerprint density at radius 3 is 2.61 bits per heavy atom. The molecule has 0 spiro atoms. The number of ether oxygens (including phenoxy) is 1. The molecule has 1 rings (SSSR count). The summed E-state index contributed by atoms with van der Waals surface area (Å²) in [6, 6.07) is -1.55. The SMILES string of the molecule is CCCCOC(=O)N[C@H](C(=O)N1CCC[C@H]1C(=O)O)[C@@H](C)CC. The molecule has 0 aromatic heterocycles. The van der Waals surface area contributed by atoms with Crippen LogP contribution in [0.15, 0.2) is 0 Å². The van der Waals surface area contributed by atoms with E-state index in [2.05, 4.69) is 5.32 Å². The standard InChI is InChI=1S/C16H28N2O5/c1-4-6-10-23-16(22)17-13(11(3)5-2)14(19)18-9-7-8-12(18)15(20)21/h11-13H,4-10H2,1-3H3,(H,17,22)(H,20,21)/t11-,12-,13-/m0/s1. The van der Waals surface area contributed by atoms with Gasteiger partial charge >= 0.3 is 12.1 Å². The molecule has 0 saturated carbocycles. The summed E-state index contributed by atoms with van der Waals surface area (Å²) in [6.45, 7) is 6.50. The van der Waals surface area contributed by atoms with Crippen LogP contribution in [-0.2, 0) is 14.3 Å². The van der Waals surface area contributed by atoms with Gasteiger partial charge in [-0.25, -0.2) is 9.59 Å². The summed E-state index contributed by atoms with van der Waals surface area (Å²) < 4.78 is 5.06. The van der Waals surface area contributed by atoms with Crippen LogP contribution in [0.5, 0.6) is 0 Å². The van der Waals surface area contributed by atoms with Gasteiger partial charge in [-0.2, -0.15) is 0 Å². The van der Waals surface area contributed by atoms with Gasteiger partial charge < -0.3 is 20.1 Å². The fourth-order valence-electron chi connectivity index (χ4n) is 2.63. The monoisotopic (exact) mass is 328 g/mol. The van der Waals surface area contributed by atoms with Crippen molar-refractivity contribution in [2.45, 2.75) is 65.0 Å². The molecule has 2 amide bonds. The van der Waals surface area contributed by atoms with E-state index in [1.807, 2.05) is 20.8 Å². The number of nitrogens with one attached hydrogen (secondary N) is 1. The molecule has 2 N–H and O–H groups in total. The normalized spacial score (nSPS) is 20.0. The molecule has 1 aliphatic rings. The van der Waals surface area contributed by atoms with Crippen LogP contribution in [-0.4, -0.2) is 53.2 Å². The zero-order chi connectivity index (χ0) is 17.4. The highest BCUT2D eigenvalue weighted by Crippen LogP contribution is 2.21. The van der Waals surface area contributed by atoms with Gasteiger partial charge in [0.2, 0.25) is 5.91 Å². The van der Waals surface area contributed by atoms with E-state index in [9.17, 15) is 19.5 Å². The van der Waals surface area contributed by atoms with E-state index in [-0.39, 0.29) is 11.8 Å². The lowest BCUT2D eigenvalue weighted by atomic mass is 9.97. The Morgan fingerprint density at radius 1 is 1.35 bits per heavy atom. The van der Waals surface area contributed by atoms with Crippen LogP contribution in [0.2, 0.25) is 0 Å². The number of carboxylic acid groups (broad SMARTS) is 1. The minimum absolute atomic E-state index is 0.101. The number of likely N-dealkylation sites (tertiary alicyclic amines) is 1. The zero-order valence-electron chi connectivity index (χ0n) is 14.2. The first-order chi connectivity index (χ1) is 10.9. The number of alkyl carbamates (subject to hydrolysis) is 1. The first-order valence-corrected chi connectivity index (χ1v) is 8.38. The topological polar surface area (TPSA) is 95.9 Å². The van der Waals surface area contributed by atoms with Crippen LogP contribution in [0.1, 0.15) is 52.9 Å². The molecule has 1 fully saturated rings. The molecule has 0 radical (unpaired) electrons. The maximum Gasteiger partial charge on any atom is 0.407 e. The summed E-state index contributed by atoms with van der Waals surface area (Å²) in [5, 5.41) is 11.8. The number of aliphatic carboxylic acids is 1. The molecule has 3 atom stereocenters. The second kappa shape index (κ2) is 9.37. The second-order valence-electron chi connectivity index (χ2n) is 6.02. The van der Waals surface area contributed by atoms with Crippen LogP contribution in [0.3, 0.4) is 0 Å². The lowest BCUT2D eigenvalue weighted by molar-refractivity contribution is -0.149. The molecule has 1 heterocycles. The number of carbonyl (C=O) groups is 3. The Labute approximate surface area is 137 Å². The highest BCUT2D eigenvalue weighted by atomic mass is 16.5. The minimum atomic E-state index is -0.996. The van der Waals surface area contributed by atoms with Crippen molar-refractivity contribution in [3.63, 3.8) is 0 Å². The molecule has 0 unspecified atom stereocenters. The first kappa shape index (κ1) is 19.3. The summed E-state index contributed by atoms with van der Waals surface area (Å²) in [6.07, 6.45) is 2.87. The Balaban J connectivity index is 2.75. The van der Waals surface area contributed by atoms with E-state index < -0.39 is 24.1 Å². The smallest absolute Gasteiger partial charge is 0.407 e. The van der Waals surface area contributed by atoms with Gasteiger partial charge in [0.05, 0.1) is 6.61 Å². The average Bonchev–Trinajstić information content (AvgIpc) is 3.01. The van der Waals surface area contributed by atoms with Gasteiger partial charge in [0.25, 0.3) is 0 Å². The van der Waals surface area contributed by atoms with Crippen molar-refractivity contribution in [3.05, 3.63) is 0 Å². The number of carbonyl (C=O) groups excluding carboxylic acids is 2. The van der Waals surface area contributed by atoms with Crippen LogP contribution in [0, 0.1) is 5.92 Å². The van der Waals surface area contributed by atoms with E-state index in [4.69, 9.17) is 4.74 Å². The van der Waals surface area contributed by atoms with Crippen molar-refractivity contribution < 1.29 is 24.2 Å². The van der Waals surface area contributed by atoms with Crippen molar-refractivity contribution in [3.8, 4) is 0 Å². The van der Waals surface area contributed by atoms with E-state index in [1.165, 1.54) is 4.90 Å². The van der Waals surface area contributed by atoms with Gasteiger partial charge in [-0.1, -0.05) is 33.6 Å². The fraction of sp³-hybridized carbons (Fsp3) is 0.812. The third-order valence-corrected chi connectivity index (χ3v) is 4.30. The molecule has 23 heavy (non-hydrogen) atoms. The fourth-order valence-corrected chi connectivity index (χ4v) is 2.63. The molecule has 0 bridgehead atoms. The van der Waals surface area contributed by atoms with Gasteiger partial charge in [0.15, 0.2) is 0 Å². The van der Waals surface area contributed by atoms with Gasteiger partial charge in [-0.3, -0.25) is 4.79 Å². The second-order valence-corrected chi connectivity index (χ2v) is 6.02. The van der Waals surface area contributed by atoms with Crippen molar-refractivity contribution in [1.29, 1.82) is 0 Å². The van der Waals surface area contributed by atoms with Crippen LogP contribution < -0.4 is 5.32 Å². The number of unbranched alkanes of at least 4 members (excludes halogenated alkanes) is 1. The summed E-state index contributed by atoms with van der Waals surface area (Å²) in [5.41, 5.74) is 0. The molecule has 7 nitrogen and oxygen atoms in total. The van der Waals surface area contributed by atoms with E-state index in [1.54, 1.807) is 0 Å². The number of hydrogen-bond acceptors (Lipinski definition) is 4. The molecule has 0 aromatic rings. The lowest BCUT2D eigenvalue weighted by Crippen LogP contribution is -2.54. The summed E-state index contributed by atoms with van der Waals surface area (Å²) in [7, 11) is 0. The molecule has 0 aliphatic carbocycles. The van der Waals surface area contributed by atoms with E-state index >= 15 is 0 Å². The quantitative estimate of drug-likeness (QED) is 0.664. The Morgan fingerprint density at radius 2 is 2.04 bits per heavy atom. The van der Waals surface area contributed by atoms with Crippen LogP contribution in [0.4, 0.5) is 4.79 Å². The first-order valence-electron chi connectivity index (χ1n) is 8.38. The summed E-state index contributed by atoms with van der Waals surface area (Å²) in [5.74, 6) is -1.43. The zero-order valence-corrected chi connectivity index (χ0v) is 14.2. The van der Waals surface area contributed by atoms with Crippen molar-refractivity contribution in [2.75, 3.05) is 13.2 Å². The number of carboxylic acids is 1. The van der Waals surface area contributed by atoms with Crippen LogP contribution in [0.25, 0.3) is 0 Å².